The Morgan fingerprint density at radius 2 is 1.32 bits per heavy atom. The van der Waals surface area contributed by atoms with Gasteiger partial charge in [0.2, 0.25) is 0 Å². The van der Waals surface area contributed by atoms with Gasteiger partial charge in [-0.15, -0.1) is 0 Å². The maximum atomic E-state index is 13.1. The van der Waals surface area contributed by atoms with E-state index >= 15 is 0 Å². The highest BCUT2D eigenvalue weighted by molar-refractivity contribution is 6.02. The number of aliphatic hydroxyl groups excluding tert-OH is 1. The van der Waals surface area contributed by atoms with Crippen molar-refractivity contribution >= 4 is 5.97 Å². The predicted octanol–water partition coefficient (Wildman–Crippen LogP) is 6.00. The first-order valence-electron chi connectivity index (χ1n) is 12.5. The normalized spacial score (nSPS) is 11.9. The summed E-state index contributed by atoms with van der Waals surface area (Å²) in [5.74, 6) is -0.459. The number of benzene rings is 3. The van der Waals surface area contributed by atoms with Crippen molar-refractivity contribution in [2.45, 2.75) is 20.1 Å². The van der Waals surface area contributed by atoms with Gasteiger partial charge in [-0.05, 0) is 19.9 Å². The molecule has 3 N–H and O–H groups in total. The van der Waals surface area contributed by atoms with Crippen molar-refractivity contribution in [3.63, 3.8) is 0 Å². The number of nitrogens with one attached hydrogen (secondary N) is 2. The number of carbonyl (C=O) groups excluding carboxylic acids is 1. The molecule has 0 amide bonds. The number of aliphatic hydroxyl groups is 1. The molecule has 5 aromatic rings. The molecular formula is C30H28N4O4. The lowest BCUT2D eigenvalue weighted by atomic mass is 9.97. The van der Waals surface area contributed by atoms with Crippen molar-refractivity contribution in [2.24, 2.45) is 0 Å². The summed E-state index contributed by atoms with van der Waals surface area (Å²) in [6.45, 7) is 4.17. The molecule has 5 rings (SSSR count). The molecule has 0 aliphatic rings. The molecule has 0 saturated carbocycles. The van der Waals surface area contributed by atoms with E-state index in [9.17, 15) is 9.90 Å². The van der Waals surface area contributed by atoms with Crippen LogP contribution in [-0.4, -0.2) is 44.7 Å². The lowest BCUT2D eigenvalue weighted by Gasteiger charge is -2.14. The molecule has 8 heteroatoms. The smallest absolute Gasteiger partial charge is 0.342 e. The fourth-order valence-corrected chi connectivity index (χ4v) is 4.46. The number of carbonyl (C=O) groups is 1. The Labute approximate surface area is 220 Å². The van der Waals surface area contributed by atoms with Crippen molar-refractivity contribution in [2.75, 3.05) is 13.2 Å². The maximum absolute atomic E-state index is 13.1. The topological polar surface area (TPSA) is 113 Å². The van der Waals surface area contributed by atoms with E-state index in [2.05, 4.69) is 20.4 Å². The summed E-state index contributed by atoms with van der Waals surface area (Å²) in [7, 11) is 0. The fourth-order valence-electron chi connectivity index (χ4n) is 4.46. The minimum absolute atomic E-state index is 0.242. The molecule has 2 heterocycles. The zero-order valence-electron chi connectivity index (χ0n) is 21.1. The summed E-state index contributed by atoms with van der Waals surface area (Å²) >= 11 is 0. The van der Waals surface area contributed by atoms with Gasteiger partial charge >= 0.3 is 5.97 Å². The van der Waals surface area contributed by atoms with Gasteiger partial charge in [0.05, 0.1) is 23.6 Å². The minimum atomic E-state index is -1.18. The van der Waals surface area contributed by atoms with Gasteiger partial charge in [0.25, 0.3) is 0 Å². The average Bonchev–Trinajstić information content (AvgIpc) is 3.60. The summed E-state index contributed by atoms with van der Waals surface area (Å²) < 4.78 is 11.0. The first-order valence-corrected chi connectivity index (χ1v) is 12.5. The number of ether oxygens (including phenoxy) is 2. The quantitative estimate of drug-likeness (QED) is 0.166. The SMILES string of the molecule is CCOC(=O)c1c(-c2cccc(-c3n[nH]c(-c4ccccc4)c3C(O)OCC)c2)n[nH]c1-c1ccccc1. The number of esters is 1. The third kappa shape index (κ3) is 4.87. The van der Waals surface area contributed by atoms with E-state index in [0.717, 1.165) is 16.7 Å². The van der Waals surface area contributed by atoms with E-state index in [1.165, 1.54) is 0 Å². The molecule has 0 bridgehead atoms. The van der Waals surface area contributed by atoms with Gasteiger partial charge in [-0.25, -0.2) is 4.79 Å². The number of hydrogen-bond acceptors (Lipinski definition) is 6. The van der Waals surface area contributed by atoms with Crippen LogP contribution >= 0.6 is 0 Å². The summed E-state index contributed by atoms with van der Waals surface area (Å²) in [5.41, 5.74) is 6.29. The van der Waals surface area contributed by atoms with Gasteiger partial charge in [0.1, 0.15) is 17.0 Å². The highest BCUT2D eigenvalue weighted by atomic mass is 16.6. The molecule has 0 saturated heterocycles. The van der Waals surface area contributed by atoms with Gasteiger partial charge < -0.3 is 14.6 Å². The van der Waals surface area contributed by atoms with Gasteiger partial charge in [0, 0.05) is 28.9 Å². The Hall–Kier alpha value is -4.53. The Morgan fingerprint density at radius 1 is 0.763 bits per heavy atom. The van der Waals surface area contributed by atoms with Crippen molar-refractivity contribution in [3.8, 4) is 45.0 Å². The molecular weight excluding hydrogens is 480 g/mol. The first-order chi connectivity index (χ1) is 18.6. The molecule has 2 aromatic heterocycles. The van der Waals surface area contributed by atoms with Crippen LogP contribution in [0.15, 0.2) is 84.9 Å². The summed E-state index contributed by atoms with van der Waals surface area (Å²) in [6.07, 6.45) is -1.18. The second-order valence-electron chi connectivity index (χ2n) is 8.52. The van der Waals surface area contributed by atoms with Crippen LogP contribution in [0.5, 0.6) is 0 Å². The van der Waals surface area contributed by atoms with Crippen molar-refractivity contribution < 1.29 is 19.4 Å². The molecule has 0 aliphatic heterocycles. The van der Waals surface area contributed by atoms with Crippen LogP contribution in [0.1, 0.15) is 36.1 Å². The van der Waals surface area contributed by atoms with Crippen molar-refractivity contribution in [3.05, 3.63) is 96.1 Å². The van der Waals surface area contributed by atoms with Crippen LogP contribution in [-0.2, 0) is 9.47 Å². The molecule has 8 nitrogen and oxygen atoms in total. The highest BCUT2D eigenvalue weighted by Gasteiger charge is 2.26. The predicted molar refractivity (Wildman–Crippen MR) is 145 cm³/mol. The van der Waals surface area contributed by atoms with Gasteiger partial charge in [-0.1, -0.05) is 78.9 Å². The standard InChI is InChI=1S/C30H28N4O4/c1-3-37-29(35)23-25(19-12-7-5-8-13-19)31-33-27(23)21-16-11-17-22(18-21)28-24(30(36)38-4-2)26(32-34-28)20-14-9-6-10-15-20/h5-18,29,35H,3-4H2,1-2H3,(H,31,33)(H,32,34). The number of H-pyrrole nitrogens is 2. The second-order valence-corrected chi connectivity index (χ2v) is 8.52. The summed E-state index contributed by atoms with van der Waals surface area (Å²) in [4.78, 5) is 13.1. The van der Waals surface area contributed by atoms with Crippen molar-refractivity contribution in [1.29, 1.82) is 0 Å². The molecule has 1 atom stereocenters. The summed E-state index contributed by atoms with van der Waals surface area (Å²) in [6, 6.07) is 26.7. The summed E-state index contributed by atoms with van der Waals surface area (Å²) in [5, 5.41) is 26.1. The van der Waals surface area contributed by atoms with Crippen LogP contribution in [0, 0.1) is 0 Å². The number of hydrogen-bond donors (Lipinski definition) is 3. The van der Waals surface area contributed by atoms with E-state index in [0.29, 0.717) is 46.1 Å². The fraction of sp³-hybridized carbons (Fsp3) is 0.167. The molecule has 0 aliphatic carbocycles. The third-order valence-corrected chi connectivity index (χ3v) is 6.16. The zero-order chi connectivity index (χ0) is 26.5. The van der Waals surface area contributed by atoms with E-state index in [1.54, 1.807) is 6.92 Å². The van der Waals surface area contributed by atoms with Crippen molar-refractivity contribution in [1.82, 2.24) is 20.4 Å². The Balaban J connectivity index is 1.63. The molecule has 0 radical (unpaired) electrons. The Kier molecular flexibility index (Phi) is 7.44. The second kappa shape index (κ2) is 11.2. The minimum Gasteiger partial charge on any atom is -0.462 e. The lowest BCUT2D eigenvalue weighted by Crippen LogP contribution is -2.07. The van der Waals surface area contributed by atoms with E-state index in [-0.39, 0.29) is 6.61 Å². The largest absolute Gasteiger partial charge is 0.462 e. The van der Waals surface area contributed by atoms with Gasteiger partial charge in [-0.3, -0.25) is 10.2 Å². The van der Waals surface area contributed by atoms with Crippen LogP contribution in [0.25, 0.3) is 45.0 Å². The average molecular weight is 509 g/mol. The van der Waals surface area contributed by atoms with E-state index in [4.69, 9.17) is 9.47 Å². The van der Waals surface area contributed by atoms with Crippen LogP contribution in [0.4, 0.5) is 0 Å². The number of aromatic amines is 2. The Bertz CT molecular complexity index is 1530. The van der Waals surface area contributed by atoms with Gasteiger partial charge in [-0.2, -0.15) is 10.2 Å². The molecule has 0 fully saturated rings. The lowest BCUT2D eigenvalue weighted by molar-refractivity contribution is -0.0972. The first kappa shape index (κ1) is 25.1. The molecule has 192 valence electrons. The molecule has 3 aromatic carbocycles. The number of rotatable bonds is 9. The molecule has 38 heavy (non-hydrogen) atoms. The number of aromatic nitrogens is 4. The number of nitrogens with zero attached hydrogens (tertiary/aromatic N) is 2. The third-order valence-electron chi connectivity index (χ3n) is 6.16. The molecule has 1 unspecified atom stereocenters. The van der Waals surface area contributed by atoms with Crippen LogP contribution in [0.2, 0.25) is 0 Å². The Morgan fingerprint density at radius 3 is 1.95 bits per heavy atom. The monoisotopic (exact) mass is 508 g/mol. The van der Waals surface area contributed by atoms with E-state index in [1.807, 2.05) is 91.9 Å². The maximum Gasteiger partial charge on any atom is 0.342 e. The zero-order valence-corrected chi connectivity index (χ0v) is 21.1. The van der Waals surface area contributed by atoms with Crippen LogP contribution < -0.4 is 0 Å². The van der Waals surface area contributed by atoms with E-state index < -0.39 is 12.3 Å². The van der Waals surface area contributed by atoms with Crippen LogP contribution in [0.3, 0.4) is 0 Å². The highest BCUT2D eigenvalue weighted by Crippen LogP contribution is 2.37. The molecule has 0 spiro atoms. The van der Waals surface area contributed by atoms with Gasteiger partial charge in [0.15, 0.2) is 6.29 Å².